The Hall–Kier alpha value is -3.69. The van der Waals surface area contributed by atoms with Crippen molar-refractivity contribution in [1.82, 2.24) is 13.7 Å². The van der Waals surface area contributed by atoms with E-state index in [0.29, 0.717) is 0 Å². The summed E-state index contributed by atoms with van der Waals surface area (Å²) >= 11 is 0. The van der Waals surface area contributed by atoms with E-state index < -0.39 is 17.1 Å². The first-order chi connectivity index (χ1) is 11.6. The van der Waals surface area contributed by atoms with Crippen molar-refractivity contribution in [3.05, 3.63) is 67.3 Å². The van der Waals surface area contributed by atoms with Crippen LogP contribution in [0.5, 0.6) is 0 Å². The van der Waals surface area contributed by atoms with Crippen LogP contribution >= 0.6 is 0 Å². The second kappa shape index (κ2) is 7.54. The number of hydrogen-bond acceptors (Lipinski definition) is 3. The lowest BCUT2D eigenvalue weighted by Crippen LogP contribution is -2.54. The lowest BCUT2D eigenvalue weighted by molar-refractivity contribution is 0.511. The summed E-state index contributed by atoms with van der Waals surface area (Å²) in [5.74, 6) is 10.00. The van der Waals surface area contributed by atoms with Gasteiger partial charge in [-0.1, -0.05) is 41.9 Å². The molecule has 6 heteroatoms. The number of aromatic nitrogens is 3. The highest BCUT2D eigenvalue weighted by Crippen LogP contribution is 1.94. The van der Waals surface area contributed by atoms with E-state index in [2.05, 4.69) is 23.7 Å². The molecule has 0 N–H and O–H groups in total. The van der Waals surface area contributed by atoms with Crippen molar-refractivity contribution in [2.75, 3.05) is 0 Å². The zero-order valence-corrected chi connectivity index (χ0v) is 12.7. The minimum Gasteiger partial charge on any atom is -0.247 e. The van der Waals surface area contributed by atoms with E-state index in [4.69, 9.17) is 12.8 Å². The van der Waals surface area contributed by atoms with Crippen LogP contribution < -0.4 is 17.1 Å². The highest BCUT2D eigenvalue weighted by atomic mass is 16.2. The Balaban J connectivity index is 2.54. The molecule has 0 radical (unpaired) electrons. The van der Waals surface area contributed by atoms with Crippen LogP contribution in [0.3, 0.4) is 0 Å². The van der Waals surface area contributed by atoms with Crippen LogP contribution in [-0.2, 0) is 19.6 Å². The third-order valence-electron chi connectivity index (χ3n) is 3.13. The second-order valence-electron chi connectivity index (χ2n) is 4.68. The first-order valence-corrected chi connectivity index (χ1v) is 6.95. The van der Waals surface area contributed by atoms with E-state index in [1.807, 2.05) is 18.2 Å². The van der Waals surface area contributed by atoms with Crippen molar-refractivity contribution in [3.8, 4) is 36.5 Å². The van der Waals surface area contributed by atoms with Gasteiger partial charge in [0.1, 0.15) is 0 Å². The SMILES string of the molecule is C#CCn1c(=O)n(CC#C)c(=O)n(CC#Cc2ccccc2)c1=O. The van der Waals surface area contributed by atoms with Crippen LogP contribution in [0.2, 0.25) is 0 Å². The lowest BCUT2D eigenvalue weighted by Gasteiger charge is -2.09. The Labute approximate surface area is 138 Å². The van der Waals surface area contributed by atoms with Crippen molar-refractivity contribution >= 4 is 0 Å². The summed E-state index contributed by atoms with van der Waals surface area (Å²) in [6.07, 6.45) is 10.3. The molecule has 0 atom stereocenters. The van der Waals surface area contributed by atoms with E-state index in [1.54, 1.807) is 12.1 Å². The van der Waals surface area contributed by atoms with Crippen molar-refractivity contribution in [3.63, 3.8) is 0 Å². The van der Waals surface area contributed by atoms with E-state index in [-0.39, 0.29) is 19.6 Å². The van der Waals surface area contributed by atoms with E-state index in [1.165, 1.54) is 0 Å². The van der Waals surface area contributed by atoms with Gasteiger partial charge in [-0.3, -0.25) is 0 Å². The average molecular weight is 319 g/mol. The summed E-state index contributed by atoms with van der Waals surface area (Å²) in [6.45, 7) is -0.689. The quantitative estimate of drug-likeness (QED) is 0.716. The van der Waals surface area contributed by atoms with Crippen molar-refractivity contribution in [2.24, 2.45) is 0 Å². The largest absolute Gasteiger partial charge is 0.338 e. The van der Waals surface area contributed by atoms with Crippen molar-refractivity contribution in [1.29, 1.82) is 0 Å². The maximum atomic E-state index is 12.3. The maximum Gasteiger partial charge on any atom is 0.338 e. The molecule has 24 heavy (non-hydrogen) atoms. The van der Waals surface area contributed by atoms with Crippen LogP contribution in [0, 0.1) is 36.5 Å². The molecule has 6 nitrogen and oxygen atoms in total. The van der Waals surface area contributed by atoms with Gasteiger partial charge >= 0.3 is 17.1 Å². The molecule has 1 aromatic heterocycles. The molecule has 2 rings (SSSR count). The average Bonchev–Trinajstić information content (AvgIpc) is 2.59. The molecule has 0 saturated carbocycles. The first-order valence-electron chi connectivity index (χ1n) is 6.95. The summed E-state index contributed by atoms with van der Waals surface area (Å²) in [6, 6.07) is 9.09. The Bertz CT molecular complexity index is 1010. The number of rotatable bonds is 3. The van der Waals surface area contributed by atoms with Crippen molar-refractivity contribution < 1.29 is 0 Å². The van der Waals surface area contributed by atoms with Gasteiger partial charge in [0, 0.05) is 5.56 Å². The Kier molecular flexibility index (Phi) is 5.24. The number of hydrogen-bond donors (Lipinski definition) is 0. The summed E-state index contributed by atoms with van der Waals surface area (Å²) < 4.78 is 2.40. The van der Waals surface area contributed by atoms with Crippen LogP contribution in [0.4, 0.5) is 0 Å². The maximum absolute atomic E-state index is 12.3. The summed E-state index contributed by atoms with van der Waals surface area (Å²) in [7, 11) is 0. The van der Waals surface area contributed by atoms with Crippen LogP contribution in [0.15, 0.2) is 44.7 Å². The first kappa shape index (κ1) is 16.7. The zero-order valence-electron chi connectivity index (χ0n) is 12.7. The van der Waals surface area contributed by atoms with Gasteiger partial charge in [-0.05, 0) is 12.1 Å². The molecule has 0 bridgehead atoms. The molecule has 0 amide bonds. The summed E-state index contributed by atoms with van der Waals surface area (Å²) in [5.41, 5.74) is -1.70. The van der Waals surface area contributed by atoms with Gasteiger partial charge < -0.3 is 0 Å². The Morgan fingerprint density at radius 1 is 0.750 bits per heavy atom. The highest BCUT2D eigenvalue weighted by Gasteiger charge is 2.13. The Morgan fingerprint density at radius 2 is 1.21 bits per heavy atom. The van der Waals surface area contributed by atoms with Gasteiger partial charge in [-0.25, -0.2) is 28.1 Å². The summed E-state index contributed by atoms with van der Waals surface area (Å²) in [5, 5.41) is 0. The fraction of sp³-hybridized carbons (Fsp3) is 0.167. The molecule has 0 spiro atoms. The topological polar surface area (TPSA) is 66.0 Å². The van der Waals surface area contributed by atoms with Gasteiger partial charge in [0.25, 0.3) is 0 Å². The van der Waals surface area contributed by atoms with Gasteiger partial charge in [0.05, 0.1) is 19.6 Å². The zero-order chi connectivity index (χ0) is 17.5. The van der Waals surface area contributed by atoms with Crippen LogP contribution in [0.1, 0.15) is 5.56 Å². The molecule has 0 aliphatic carbocycles. The predicted molar refractivity (Wildman–Crippen MR) is 90.2 cm³/mol. The molecule has 0 unspecified atom stereocenters. The van der Waals surface area contributed by atoms with Crippen molar-refractivity contribution in [2.45, 2.75) is 19.6 Å². The third-order valence-corrected chi connectivity index (χ3v) is 3.13. The predicted octanol–water partition coefficient (Wildman–Crippen LogP) is -0.510. The molecule has 0 aliphatic heterocycles. The lowest BCUT2D eigenvalue weighted by atomic mass is 10.2. The molecule has 1 aromatic carbocycles. The third kappa shape index (κ3) is 3.38. The monoisotopic (exact) mass is 319 g/mol. The van der Waals surface area contributed by atoms with E-state index in [0.717, 1.165) is 19.3 Å². The molecule has 0 aliphatic rings. The fourth-order valence-electron chi connectivity index (χ4n) is 2.01. The van der Waals surface area contributed by atoms with Gasteiger partial charge in [0.2, 0.25) is 0 Å². The highest BCUT2D eigenvalue weighted by molar-refractivity contribution is 5.33. The second-order valence-corrected chi connectivity index (χ2v) is 4.68. The summed E-state index contributed by atoms with van der Waals surface area (Å²) in [4.78, 5) is 36.7. The number of benzene rings is 1. The number of terminal acetylenes is 2. The molecule has 0 saturated heterocycles. The van der Waals surface area contributed by atoms with Gasteiger partial charge in [-0.2, -0.15) is 0 Å². The standard InChI is InChI=1S/C18H13N3O3/c1-3-12-19-16(22)20(13-4-2)18(24)21(17(19)23)14-8-11-15-9-6-5-7-10-15/h1-2,5-7,9-10H,12-14H2. The molecule has 2 aromatic rings. The minimum absolute atomic E-state index is 0.179. The van der Waals surface area contributed by atoms with Gasteiger partial charge in [-0.15, -0.1) is 12.8 Å². The number of nitrogens with zero attached hydrogens (tertiary/aromatic N) is 3. The Morgan fingerprint density at radius 3 is 1.67 bits per heavy atom. The molecule has 0 fully saturated rings. The minimum atomic E-state index is -0.826. The fourth-order valence-corrected chi connectivity index (χ4v) is 2.01. The van der Waals surface area contributed by atoms with Gasteiger partial charge in [0.15, 0.2) is 0 Å². The molecule has 118 valence electrons. The van der Waals surface area contributed by atoms with Crippen LogP contribution in [0.25, 0.3) is 0 Å². The normalized spacial score (nSPS) is 9.42. The molecular formula is C18H13N3O3. The molecular weight excluding hydrogens is 306 g/mol. The van der Waals surface area contributed by atoms with E-state index >= 15 is 0 Å². The van der Waals surface area contributed by atoms with E-state index in [9.17, 15) is 14.4 Å². The molecule has 1 heterocycles. The van der Waals surface area contributed by atoms with Crippen LogP contribution in [-0.4, -0.2) is 13.7 Å². The smallest absolute Gasteiger partial charge is 0.247 e.